The fourth-order valence-corrected chi connectivity index (χ4v) is 2.87. The molecule has 0 atom stereocenters. The maximum absolute atomic E-state index is 11.2. The highest BCUT2D eigenvalue weighted by Gasteiger charge is 2.26. The molecule has 110 valence electrons. The van der Waals surface area contributed by atoms with Gasteiger partial charge in [0.2, 0.25) is 0 Å². The van der Waals surface area contributed by atoms with Gasteiger partial charge < -0.3 is 5.11 Å². The minimum absolute atomic E-state index is 0.116. The normalized spacial score (nSPS) is 21.6. The number of urea groups is 1. The fourth-order valence-electron chi connectivity index (χ4n) is 2.87. The summed E-state index contributed by atoms with van der Waals surface area (Å²) in [5, 5.41) is 12.0. The second-order valence-electron chi connectivity index (χ2n) is 5.63. The van der Waals surface area contributed by atoms with Gasteiger partial charge >= 0.3 is 17.8 Å². The lowest BCUT2D eigenvalue weighted by Gasteiger charge is -2.19. The first kappa shape index (κ1) is 14.7. The van der Waals surface area contributed by atoms with Crippen LogP contribution in [0.5, 0.6) is 0 Å². The number of aliphatic hydroxyl groups is 1. The van der Waals surface area contributed by atoms with Crippen LogP contribution >= 0.6 is 0 Å². The molecular formula is C14H23N3O3+2. The van der Waals surface area contributed by atoms with E-state index in [-0.39, 0.29) is 24.6 Å². The first-order chi connectivity index (χ1) is 9.63. The monoisotopic (exact) mass is 281 g/mol. The molecule has 0 bridgehead atoms. The quantitative estimate of drug-likeness (QED) is 0.367. The second-order valence-corrected chi connectivity index (χ2v) is 5.63. The molecule has 1 aliphatic carbocycles. The van der Waals surface area contributed by atoms with Crippen LogP contribution < -0.4 is 15.3 Å². The van der Waals surface area contributed by atoms with E-state index in [2.05, 4.69) is 15.3 Å². The molecule has 0 saturated heterocycles. The molecule has 1 aliphatic heterocycles. The number of carbonyl (C=O) groups is 2. The molecule has 0 radical (unpaired) electrons. The molecule has 0 aromatic carbocycles. The predicted molar refractivity (Wildman–Crippen MR) is 73.4 cm³/mol. The molecule has 0 spiro atoms. The van der Waals surface area contributed by atoms with Crippen LogP contribution in [0.3, 0.4) is 0 Å². The molecular weight excluding hydrogens is 258 g/mol. The van der Waals surface area contributed by atoms with Gasteiger partial charge in [-0.15, -0.1) is 0 Å². The Morgan fingerprint density at radius 3 is 2.75 bits per heavy atom. The van der Waals surface area contributed by atoms with Crippen LogP contribution in [0.4, 0.5) is 4.79 Å². The molecule has 1 heterocycles. The Kier molecular flexibility index (Phi) is 5.26. The van der Waals surface area contributed by atoms with Crippen LogP contribution in [-0.4, -0.2) is 35.2 Å². The molecule has 1 saturated carbocycles. The maximum Gasteiger partial charge on any atom is 0.496 e. The van der Waals surface area contributed by atoms with Gasteiger partial charge in [0.05, 0.1) is 0 Å². The van der Waals surface area contributed by atoms with Crippen molar-refractivity contribution in [2.24, 2.45) is 5.92 Å². The van der Waals surface area contributed by atoms with E-state index in [1.54, 1.807) is 0 Å². The van der Waals surface area contributed by atoms with Crippen LogP contribution in [-0.2, 0) is 4.79 Å². The highest BCUT2D eigenvalue weighted by molar-refractivity contribution is 6.11. The Bertz CT molecular complexity index is 437. The molecule has 20 heavy (non-hydrogen) atoms. The molecule has 6 nitrogen and oxygen atoms in total. The number of rotatable bonds is 5. The average molecular weight is 281 g/mol. The lowest BCUT2D eigenvalue weighted by Crippen LogP contribution is -2.85. The number of carbonyl (C=O) groups excluding carboxylic acids is 2. The number of imide groups is 1. The molecule has 3 amide bonds. The Labute approximate surface area is 118 Å². The van der Waals surface area contributed by atoms with E-state index in [4.69, 9.17) is 0 Å². The topological polar surface area (TPSA) is 94.3 Å². The van der Waals surface area contributed by atoms with Gasteiger partial charge in [0, 0.05) is 6.42 Å². The first-order valence-electron chi connectivity index (χ1n) is 7.37. The van der Waals surface area contributed by atoms with E-state index in [1.807, 2.05) is 0 Å². The summed E-state index contributed by atoms with van der Waals surface area (Å²) in [7, 11) is 0. The van der Waals surface area contributed by atoms with Crippen molar-refractivity contribution in [2.75, 3.05) is 6.54 Å². The molecule has 0 aromatic rings. The second kappa shape index (κ2) is 7.17. The number of amides is 3. The first-order valence-corrected chi connectivity index (χ1v) is 7.37. The summed E-state index contributed by atoms with van der Waals surface area (Å²) < 4.78 is 0. The van der Waals surface area contributed by atoms with Crippen molar-refractivity contribution in [3.63, 3.8) is 0 Å². The third-order valence-corrected chi connectivity index (χ3v) is 3.90. The van der Waals surface area contributed by atoms with Crippen molar-refractivity contribution in [3.05, 3.63) is 0 Å². The minimum Gasteiger partial charge on any atom is -0.463 e. The molecule has 0 unspecified atom stereocenters. The van der Waals surface area contributed by atoms with Gasteiger partial charge in [0.1, 0.15) is 25.1 Å². The largest absolute Gasteiger partial charge is 0.496 e. The maximum atomic E-state index is 11.2. The third-order valence-electron chi connectivity index (χ3n) is 3.90. The third kappa shape index (κ3) is 4.75. The van der Waals surface area contributed by atoms with Gasteiger partial charge in [0.25, 0.3) is 0 Å². The smallest absolute Gasteiger partial charge is 0.463 e. The number of hydrogen-bond donors (Lipinski definition) is 4. The van der Waals surface area contributed by atoms with Crippen molar-refractivity contribution >= 4 is 23.5 Å². The van der Waals surface area contributed by atoms with Gasteiger partial charge in [-0.2, -0.15) is 10.1 Å². The number of nitrogens with one attached hydrogen (secondary N) is 3. The molecule has 6 heteroatoms. The predicted octanol–water partition coefficient (Wildman–Crippen LogP) is -1.45. The molecule has 4 N–H and O–H groups in total. The van der Waals surface area contributed by atoms with E-state index in [0.29, 0.717) is 5.71 Å². The summed E-state index contributed by atoms with van der Waals surface area (Å²) in [4.78, 5) is 27.8. The minimum atomic E-state index is -0.522. The van der Waals surface area contributed by atoms with Crippen molar-refractivity contribution in [1.82, 2.24) is 5.32 Å². The summed E-state index contributed by atoms with van der Waals surface area (Å²) in [5.74, 6) is 0.543. The zero-order chi connectivity index (χ0) is 14.4. The highest BCUT2D eigenvalue weighted by Crippen LogP contribution is 2.25. The number of hydrogen-bond acceptors (Lipinski definition) is 2. The molecule has 2 rings (SSSR count). The summed E-state index contributed by atoms with van der Waals surface area (Å²) >= 11 is 0. The Balaban J connectivity index is 1.76. The zero-order valence-electron chi connectivity index (χ0n) is 11.7. The van der Waals surface area contributed by atoms with Crippen molar-refractivity contribution in [2.45, 2.75) is 51.4 Å². The molecule has 2 aliphatic rings. The summed E-state index contributed by atoms with van der Waals surface area (Å²) in [6.45, 7) is 0.740. The van der Waals surface area contributed by atoms with Crippen LogP contribution in [0, 0.1) is 5.92 Å². The van der Waals surface area contributed by atoms with Crippen LogP contribution in [0.25, 0.3) is 0 Å². The van der Waals surface area contributed by atoms with Gasteiger partial charge in [0.15, 0.2) is 0 Å². The van der Waals surface area contributed by atoms with Crippen molar-refractivity contribution in [1.29, 1.82) is 0 Å². The standard InChI is InChI=1S/C14H21N3O3/c18-12(8-11-9-13(19)17-14(20)16-11)15-7-6-10-4-2-1-3-5-10/h10H,1-9H2,(H,15,18)(H,17,19,20)/p+2. The van der Waals surface area contributed by atoms with Gasteiger partial charge in [-0.25, -0.2) is 14.8 Å². The van der Waals surface area contributed by atoms with E-state index in [9.17, 15) is 14.7 Å². The zero-order valence-corrected chi connectivity index (χ0v) is 11.7. The number of aliphatic hydroxyl groups excluding tert-OH is 1. The van der Waals surface area contributed by atoms with Gasteiger partial charge in [-0.3, -0.25) is 0 Å². The van der Waals surface area contributed by atoms with Crippen LogP contribution in [0.15, 0.2) is 0 Å². The summed E-state index contributed by atoms with van der Waals surface area (Å²) in [6.07, 6.45) is 7.95. The van der Waals surface area contributed by atoms with Crippen LogP contribution in [0.1, 0.15) is 51.4 Å². The van der Waals surface area contributed by atoms with Gasteiger partial charge in [-0.05, 0) is 5.92 Å². The van der Waals surface area contributed by atoms with Crippen LogP contribution in [0.2, 0.25) is 0 Å². The fraction of sp³-hybridized carbons (Fsp3) is 0.714. The van der Waals surface area contributed by atoms with E-state index < -0.39 is 6.03 Å². The Morgan fingerprint density at radius 2 is 2.05 bits per heavy atom. The average Bonchev–Trinajstić information content (AvgIpc) is 2.38. The van der Waals surface area contributed by atoms with Crippen molar-refractivity contribution < 1.29 is 24.7 Å². The summed E-state index contributed by atoms with van der Waals surface area (Å²) in [5.41, 5.74) is 0.529. The SMILES string of the molecule is O=C1CC(CC(O)=[NH+]CCC2CCCCC2)=[NH+]C(=O)N1. The van der Waals surface area contributed by atoms with Gasteiger partial charge in [-0.1, -0.05) is 32.1 Å². The lowest BCUT2D eigenvalue weighted by atomic mass is 9.87. The van der Waals surface area contributed by atoms with E-state index in [0.717, 1.165) is 18.9 Å². The molecule has 1 fully saturated rings. The van der Waals surface area contributed by atoms with E-state index in [1.165, 1.54) is 32.1 Å². The van der Waals surface area contributed by atoms with Crippen molar-refractivity contribution in [3.8, 4) is 0 Å². The van der Waals surface area contributed by atoms with E-state index >= 15 is 0 Å². The molecule has 0 aromatic heterocycles. The summed E-state index contributed by atoms with van der Waals surface area (Å²) in [6, 6.07) is -0.522. The Morgan fingerprint density at radius 1 is 1.30 bits per heavy atom. The highest BCUT2D eigenvalue weighted by atomic mass is 16.3. The Hall–Kier alpha value is -1.72. The lowest BCUT2D eigenvalue weighted by molar-refractivity contribution is -0.469.